The molecule has 3 rings (SSSR count). The van der Waals surface area contributed by atoms with Gasteiger partial charge in [-0.25, -0.2) is 9.78 Å². The number of thiazole rings is 1. The van der Waals surface area contributed by atoms with E-state index < -0.39 is 0 Å². The fourth-order valence-corrected chi connectivity index (χ4v) is 2.95. The first-order valence-corrected chi connectivity index (χ1v) is 6.67. The zero-order valence-electron chi connectivity index (χ0n) is 10.5. The van der Waals surface area contributed by atoms with E-state index >= 15 is 0 Å². The molecule has 0 unspecified atom stereocenters. The number of nitrogens with zero attached hydrogens (tertiary/aromatic N) is 2. The summed E-state index contributed by atoms with van der Waals surface area (Å²) >= 11 is 1.51. The molecule has 0 saturated carbocycles. The Kier molecular flexibility index (Phi) is 2.87. The molecule has 0 atom stereocenters. The molecule has 6 heteroatoms. The zero-order chi connectivity index (χ0) is 13.4. The lowest BCUT2D eigenvalue weighted by Crippen LogP contribution is -2.04. The predicted molar refractivity (Wildman–Crippen MR) is 73.1 cm³/mol. The average molecular weight is 276 g/mol. The highest BCUT2D eigenvalue weighted by Crippen LogP contribution is 2.29. The van der Waals surface area contributed by atoms with E-state index in [1.807, 2.05) is 22.6 Å². The fraction of sp³-hybridized carbons (Fsp3) is 0.231. The zero-order valence-corrected chi connectivity index (χ0v) is 11.4. The minimum Gasteiger partial charge on any atom is -0.497 e. The van der Waals surface area contributed by atoms with Crippen LogP contribution in [0.4, 0.5) is 0 Å². The smallest absolute Gasteiger partial charge is 0.358 e. The van der Waals surface area contributed by atoms with Crippen molar-refractivity contribution in [3.63, 3.8) is 0 Å². The summed E-state index contributed by atoms with van der Waals surface area (Å²) in [5.74, 6) is 0.419. The Morgan fingerprint density at radius 3 is 3.05 bits per heavy atom. The van der Waals surface area contributed by atoms with E-state index in [9.17, 15) is 4.79 Å². The summed E-state index contributed by atoms with van der Waals surface area (Å²) in [7, 11) is 1.64. The molecule has 0 aliphatic heterocycles. The van der Waals surface area contributed by atoms with E-state index in [2.05, 4.69) is 4.98 Å². The first-order valence-electron chi connectivity index (χ1n) is 5.85. The highest BCUT2D eigenvalue weighted by atomic mass is 32.1. The Balaban J connectivity index is 2.12. The van der Waals surface area contributed by atoms with Gasteiger partial charge in [0.05, 0.1) is 23.9 Å². The third-order valence-corrected chi connectivity index (χ3v) is 3.80. The minimum absolute atomic E-state index is 0.339. The third kappa shape index (κ3) is 1.94. The van der Waals surface area contributed by atoms with Crippen molar-refractivity contribution < 1.29 is 14.3 Å². The van der Waals surface area contributed by atoms with Crippen LogP contribution >= 0.6 is 11.3 Å². The van der Waals surface area contributed by atoms with E-state index in [4.69, 9.17) is 9.47 Å². The van der Waals surface area contributed by atoms with E-state index in [-0.39, 0.29) is 5.97 Å². The van der Waals surface area contributed by atoms with Crippen LogP contribution in [0.25, 0.3) is 15.2 Å². The van der Waals surface area contributed by atoms with Gasteiger partial charge in [-0.15, -0.1) is 0 Å². The maximum absolute atomic E-state index is 11.6. The number of fused-ring (bicyclic) bond motifs is 3. The second-order valence-electron chi connectivity index (χ2n) is 3.93. The van der Waals surface area contributed by atoms with Gasteiger partial charge in [0.25, 0.3) is 0 Å². The standard InChI is InChI=1S/C13H12N2O3S/c1-3-18-12(16)9-7-15-10-5-4-8(17-2)6-11(10)19-13(15)14-9/h4-7H,3H2,1-2H3. The van der Waals surface area contributed by atoms with Crippen LogP contribution in [0.15, 0.2) is 24.4 Å². The molecular weight excluding hydrogens is 264 g/mol. The molecule has 19 heavy (non-hydrogen) atoms. The van der Waals surface area contributed by atoms with Crippen molar-refractivity contribution in [1.82, 2.24) is 9.38 Å². The molecule has 0 N–H and O–H groups in total. The number of benzene rings is 1. The van der Waals surface area contributed by atoms with Gasteiger partial charge in [-0.1, -0.05) is 11.3 Å². The first kappa shape index (κ1) is 12.0. The van der Waals surface area contributed by atoms with Crippen molar-refractivity contribution in [2.75, 3.05) is 13.7 Å². The van der Waals surface area contributed by atoms with E-state index in [1.165, 1.54) is 11.3 Å². The van der Waals surface area contributed by atoms with Gasteiger partial charge in [0.15, 0.2) is 10.7 Å². The largest absolute Gasteiger partial charge is 0.497 e. The number of ether oxygens (including phenoxy) is 2. The minimum atomic E-state index is -0.389. The maximum atomic E-state index is 11.6. The molecule has 0 radical (unpaired) electrons. The number of rotatable bonds is 3. The number of carbonyl (C=O) groups is 1. The van der Waals surface area contributed by atoms with Crippen molar-refractivity contribution in [2.24, 2.45) is 0 Å². The average Bonchev–Trinajstić information content (AvgIpc) is 2.95. The molecule has 98 valence electrons. The van der Waals surface area contributed by atoms with Gasteiger partial charge in [-0.05, 0) is 25.1 Å². The second-order valence-corrected chi connectivity index (χ2v) is 4.94. The normalized spacial score (nSPS) is 11.1. The quantitative estimate of drug-likeness (QED) is 0.690. The lowest BCUT2D eigenvalue weighted by Gasteiger charge is -1.98. The van der Waals surface area contributed by atoms with Gasteiger partial charge >= 0.3 is 5.97 Å². The molecule has 0 aliphatic carbocycles. The number of hydrogen-bond acceptors (Lipinski definition) is 5. The molecule has 2 aromatic heterocycles. The molecule has 2 heterocycles. The Labute approximate surface area is 113 Å². The summed E-state index contributed by atoms with van der Waals surface area (Å²) in [5.41, 5.74) is 1.34. The van der Waals surface area contributed by atoms with Crippen molar-refractivity contribution >= 4 is 32.5 Å². The van der Waals surface area contributed by atoms with Gasteiger partial charge in [0.1, 0.15) is 5.75 Å². The van der Waals surface area contributed by atoms with Crippen molar-refractivity contribution in [2.45, 2.75) is 6.92 Å². The summed E-state index contributed by atoms with van der Waals surface area (Å²) in [6.45, 7) is 2.12. The highest BCUT2D eigenvalue weighted by molar-refractivity contribution is 7.23. The summed E-state index contributed by atoms with van der Waals surface area (Å²) in [5, 5.41) is 0. The summed E-state index contributed by atoms with van der Waals surface area (Å²) in [4.78, 5) is 16.7. The Morgan fingerprint density at radius 1 is 1.47 bits per heavy atom. The molecule has 5 nitrogen and oxygen atoms in total. The van der Waals surface area contributed by atoms with Gasteiger partial charge in [-0.2, -0.15) is 0 Å². The van der Waals surface area contributed by atoms with Crippen LogP contribution in [-0.4, -0.2) is 29.1 Å². The topological polar surface area (TPSA) is 52.8 Å². The van der Waals surface area contributed by atoms with E-state index in [0.29, 0.717) is 12.3 Å². The number of aromatic nitrogens is 2. The first-order chi connectivity index (χ1) is 9.22. The van der Waals surface area contributed by atoms with Crippen molar-refractivity contribution in [3.8, 4) is 5.75 Å². The number of imidazole rings is 1. The number of methoxy groups -OCH3 is 1. The SMILES string of the molecule is CCOC(=O)c1cn2c(n1)sc1cc(OC)ccc12. The van der Waals surface area contributed by atoms with Crippen LogP contribution < -0.4 is 4.74 Å². The number of hydrogen-bond donors (Lipinski definition) is 0. The lowest BCUT2D eigenvalue weighted by atomic mass is 10.3. The van der Waals surface area contributed by atoms with Crippen LogP contribution in [0.2, 0.25) is 0 Å². The molecule has 0 spiro atoms. The van der Waals surface area contributed by atoms with Crippen LogP contribution in [0.3, 0.4) is 0 Å². The fourth-order valence-electron chi connectivity index (χ4n) is 1.91. The van der Waals surface area contributed by atoms with Gasteiger partial charge < -0.3 is 9.47 Å². The maximum Gasteiger partial charge on any atom is 0.358 e. The van der Waals surface area contributed by atoms with Gasteiger partial charge in [0, 0.05) is 6.20 Å². The molecule has 0 fully saturated rings. The monoisotopic (exact) mass is 276 g/mol. The van der Waals surface area contributed by atoms with Gasteiger partial charge in [0.2, 0.25) is 0 Å². The molecule has 1 aromatic carbocycles. The lowest BCUT2D eigenvalue weighted by molar-refractivity contribution is 0.0520. The van der Waals surface area contributed by atoms with Gasteiger partial charge in [-0.3, -0.25) is 4.40 Å². The Bertz CT molecular complexity index is 760. The Morgan fingerprint density at radius 2 is 2.32 bits per heavy atom. The van der Waals surface area contributed by atoms with Crippen LogP contribution in [0.5, 0.6) is 5.75 Å². The van der Waals surface area contributed by atoms with Crippen molar-refractivity contribution in [3.05, 3.63) is 30.1 Å². The van der Waals surface area contributed by atoms with Crippen LogP contribution in [-0.2, 0) is 4.74 Å². The second kappa shape index (κ2) is 4.55. The van der Waals surface area contributed by atoms with E-state index in [1.54, 1.807) is 20.2 Å². The number of esters is 1. The third-order valence-electron chi connectivity index (χ3n) is 2.79. The van der Waals surface area contributed by atoms with Crippen molar-refractivity contribution in [1.29, 1.82) is 0 Å². The van der Waals surface area contributed by atoms with E-state index in [0.717, 1.165) is 20.9 Å². The summed E-state index contributed by atoms with van der Waals surface area (Å²) in [6, 6.07) is 5.80. The Hall–Kier alpha value is -2.08. The molecule has 0 bridgehead atoms. The predicted octanol–water partition coefficient (Wildman–Crippen LogP) is 2.73. The van der Waals surface area contributed by atoms with Crippen LogP contribution in [0.1, 0.15) is 17.4 Å². The molecular formula is C13H12N2O3S. The highest BCUT2D eigenvalue weighted by Gasteiger charge is 2.15. The molecule has 0 saturated heterocycles. The number of carbonyl (C=O) groups excluding carboxylic acids is 1. The molecule has 0 amide bonds. The molecule has 0 aliphatic rings. The van der Waals surface area contributed by atoms with Crippen LogP contribution in [0, 0.1) is 0 Å². The summed E-state index contributed by atoms with van der Waals surface area (Å²) in [6.07, 6.45) is 1.71. The molecule has 3 aromatic rings. The summed E-state index contributed by atoms with van der Waals surface area (Å²) < 4.78 is 13.1.